The molecule has 1 aliphatic rings. The van der Waals surface area contributed by atoms with Gasteiger partial charge in [-0.25, -0.2) is 0 Å². The van der Waals surface area contributed by atoms with Crippen LogP contribution in [-0.2, 0) is 9.53 Å². The Morgan fingerprint density at radius 1 is 1.41 bits per heavy atom. The van der Waals surface area contributed by atoms with Crippen LogP contribution in [0.25, 0.3) is 0 Å². The average Bonchev–Trinajstić information content (AvgIpc) is 2.15. The SMILES string of the molecule is CC[C@@]1(N)C=CC=CC1C(=O)OC(C)(C)C.Cl. The van der Waals surface area contributed by atoms with Crippen molar-refractivity contribution in [2.24, 2.45) is 11.7 Å². The Balaban J connectivity index is 0.00000256. The summed E-state index contributed by atoms with van der Waals surface area (Å²) in [6.07, 6.45) is 8.12. The summed E-state index contributed by atoms with van der Waals surface area (Å²) in [5.74, 6) is -0.640. The molecule has 1 rings (SSSR count). The lowest BCUT2D eigenvalue weighted by Gasteiger charge is -2.34. The van der Waals surface area contributed by atoms with Gasteiger partial charge in [0.05, 0.1) is 11.5 Å². The molecule has 0 fully saturated rings. The largest absolute Gasteiger partial charge is 0.459 e. The molecule has 0 aromatic carbocycles. The number of rotatable bonds is 2. The summed E-state index contributed by atoms with van der Waals surface area (Å²) < 4.78 is 5.37. The van der Waals surface area contributed by atoms with Gasteiger partial charge < -0.3 is 10.5 Å². The molecule has 2 N–H and O–H groups in total. The summed E-state index contributed by atoms with van der Waals surface area (Å²) >= 11 is 0. The van der Waals surface area contributed by atoms with Crippen LogP contribution in [0.3, 0.4) is 0 Å². The normalized spacial score (nSPS) is 27.5. The van der Waals surface area contributed by atoms with E-state index in [1.807, 2.05) is 52.0 Å². The molecule has 0 radical (unpaired) electrons. The van der Waals surface area contributed by atoms with Crippen molar-refractivity contribution < 1.29 is 9.53 Å². The van der Waals surface area contributed by atoms with Crippen LogP contribution in [0.5, 0.6) is 0 Å². The maximum Gasteiger partial charge on any atom is 0.315 e. The van der Waals surface area contributed by atoms with E-state index in [0.29, 0.717) is 6.42 Å². The molecule has 0 saturated heterocycles. The molecule has 1 unspecified atom stereocenters. The van der Waals surface area contributed by atoms with Crippen molar-refractivity contribution >= 4 is 18.4 Å². The minimum Gasteiger partial charge on any atom is -0.459 e. The Morgan fingerprint density at radius 3 is 2.47 bits per heavy atom. The first-order valence-corrected chi connectivity index (χ1v) is 5.66. The molecule has 4 heteroatoms. The summed E-state index contributed by atoms with van der Waals surface area (Å²) in [4.78, 5) is 12.0. The number of hydrogen-bond donors (Lipinski definition) is 1. The molecule has 3 nitrogen and oxygen atoms in total. The molecular weight excluding hydrogens is 238 g/mol. The minimum atomic E-state index is -0.614. The quantitative estimate of drug-likeness (QED) is 0.776. The van der Waals surface area contributed by atoms with Gasteiger partial charge in [-0.05, 0) is 27.2 Å². The van der Waals surface area contributed by atoms with Crippen LogP contribution in [0.1, 0.15) is 34.1 Å². The van der Waals surface area contributed by atoms with E-state index in [2.05, 4.69) is 0 Å². The van der Waals surface area contributed by atoms with E-state index < -0.39 is 11.1 Å². The highest BCUT2D eigenvalue weighted by atomic mass is 35.5. The summed E-state index contributed by atoms with van der Waals surface area (Å²) in [6, 6.07) is 0. The lowest BCUT2D eigenvalue weighted by atomic mass is 9.79. The first kappa shape index (κ1) is 16.2. The summed E-state index contributed by atoms with van der Waals surface area (Å²) in [5.41, 5.74) is 5.10. The van der Waals surface area contributed by atoms with Crippen LogP contribution in [-0.4, -0.2) is 17.1 Å². The highest BCUT2D eigenvalue weighted by molar-refractivity contribution is 5.85. The summed E-state index contributed by atoms with van der Waals surface area (Å²) in [5, 5.41) is 0. The molecule has 1 aliphatic carbocycles. The number of esters is 1. The molecule has 17 heavy (non-hydrogen) atoms. The van der Waals surface area contributed by atoms with Gasteiger partial charge in [0.15, 0.2) is 0 Å². The van der Waals surface area contributed by atoms with E-state index in [0.717, 1.165) is 0 Å². The molecular formula is C13H22ClNO2. The van der Waals surface area contributed by atoms with Gasteiger partial charge in [0.1, 0.15) is 5.60 Å². The highest BCUT2D eigenvalue weighted by Gasteiger charge is 2.38. The van der Waals surface area contributed by atoms with E-state index >= 15 is 0 Å². The van der Waals surface area contributed by atoms with Crippen molar-refractivity contribution in [3.05, 3.63) is 24.3 Å². The van der Waals surface area contributed by atoms with Gasteiger partial charge in [-0.2, -0.15) is 0 Å². The third kappa shape index (κ3) is 4.17. The van der Waals surface area contributed by atoms with Crippen LogP contribution in [0.2, 0.25) is 0 Å². The fourth-order valence-electron chi connectivity index (χ4n) is 1.69. The van der Waals surface area contributed by atoms with E-state index in [-0.39, 0.29) is 24.3 Å². The zero-order chi connectivity index (χ0) is 12.4. The molecule has 0 spiro atoms. The van der Waals surface area contributed by atoms with Crippen LogP contribution in [0.15, 0.2) is 24.3 Å². The molecule has 0 saturated carbocycles. The van der Waals surface area contributed by atoms with E-state index in [1.165, 1.54) is 0 Å². The average molecular weight is 260 g/mol. The maximum atomic E-state index is 12.0. The predicted octanol–water partition coefficient (Wildman–Crippen LogP) is 2.60. The van der Waals surface area contributed by atoms with Gasteiger partial charge in [-0.15, -0.1) is 12.4 Å². The number of halogens is 1. The molecule has 0 bridgehead atoms. The van der Waals surface area contributed by atoms with E-state index in [1.54, 1.807) is 0 Å². The van der Waals surface area contributed by atoms with Gasteiger partial charge in [0, 0.05) is 0 Å². The smallest absolute Gasteiger partial charge is 0.315 e. The first-order valence-electron chi connectivity index (χ1n) is 5.66. The third-order valence-corrected chi connectivity index (χ3v) is 2.67. The van der Waals surface area contributed by atoms with Crippen molar-refractivity contribution in [1.29, 1.82) is 0 Å². The van der Waals surface area contributed by atoms with Crippen molar-refractivity contribution in [1.82, 2.24) is 0 Å². The van der Waals surface area contributed by atoms with Gasteiger partial charge in [-0.3, -0.25) is 4.79 Å². The minimum absolute atomic E-state index is 0. The number of hydrogen-bond acceptors (Lipinski definition) is 3. The number of ether oxygens (including phenoxy) is 1. The monoisotopic (exact) mass is 259 g/mol. The molecule has 0 aromatic rings. The van der Waals surface area contributed by atoms with E-state index in [4.69, 9.17) is 10.5 Å². The molecule has 0 amide bonds. The van der Waals surface area contributed by atoms with Crippen molar-refractivity contribution in [2.75, 3.05) is 0 Å². The molecule has 2 atom stereocenters. The van der Waals surface area contributed by atoms with Gasteiger partial charge in [0.2, 0.25) is 0 Å². The fraction of sp³-hybridized carbons (Fsp3) is 0.615. The van der Waals surface area contributed by atoms with Crippen LogP contribution in [0, 0.1) is 5.92 Å². The zero-order valence-corrected chi connectivity index (χ0v) is 11.7. The summed E-state index contributed by atoms with van der Waals surface area (Å²) in [7, 11) is 0. The lowest BCUT2D eigenvalue weighted by Crippen LogP contribution is -2.49. The van der Waals surface area contributed by atoms with Crippen LogP contribution in [0.4, 0.5) is 0 Å². The summed E-state index contributed by atoms with van der Waals surface area (Å²) in [6.45, 7) is 7.55. The lowest BCUT2D eigenvalue weighted by molar-refractivity contribution is -0.159. The second kappa shape index (κ2) is 5.69. The molecule has 0 aliphatic heterocycles. The first-order chi connectivity index (χ1) is 7.28. The van der Waals surface area contributed by atoms with Gasteiger partial charge >= 0.3 is 5.97 Å². The standard InChI is InChI=1S/C13H21NO2.ClH/c1-5-13(14)9-7-6-8-10(13)11(15)16-12(2,3)4;/h6-10H,5,14H2,1-4H3;1H/t10?,13-;/m1./s1. The second-order valence-corrected chi connectivity index (χ2v) is 5.22. The number of carbonyl (C=O) groups excluding carboxylic acids is 1. The van der Waals surface area contributed by atoms with Gasteiger partial charge in [0.25, 0.3) is 0 Å². The maximum absolute atomic E-state index is 12.0. The number of carbonyl (C=O) groups is 1. The highest BCUT2D eigenvalue weighted by Crippen LogP contribution is 2.27. The topological polar surface area (TPSA) is 52.3 Å². The molecule has 0 heterocycles. The molecule has 0 aromatic heterocycles. The number of allylic oxidation sites excluding steroid dienone is 2. The van der Waals surface area contributed by atoms with Crippen molar-refractivity contribution in [3.8, 4) is 0 Å². The Kier molecular flexibility index (Phi) is 5.43. The van der Waals surface area contributed by atoms with E-state index in [9.17, 15) is 4.79 Å². The molecule has 98 valence electrons. The fourth-order valence-corrected chi connectivity index (χ4v) is 1.69. The Morgan fingerprint density at radius 2 is 2.00 bits per heavy atom. The zero-order valence-electron chi connectivity index (χ0n) is 10.9. The predicted molar refractivity (Wildman–Crippen MR) is 72.1 cm³/mol. The van der Waals surface area contributed by atoms with Crippen LogP contribution >= 0.6 is 12.4 Å². The number of nitrogens with two attached hydrogens (primary N) is 1. The third-order valence-electron chi connectivity index (χ3n) is 2.67. The Bertz CT molecular complexity index is 331. The van der Waals surface area contributed by atoms with Crippen molar-refractivity contribution in [3.63, 3.8) is 0 Å². The van der Waals surface area contributed by atoms with Crippen molar-refractivity contribution in [2.45, 2.75) is 45.3 Å². The second-order valence-electron chi connectivity index (χ2n) is 5.22. The Hall–Kier alpha value is -0.800. The van der Waals surface area contributed by atoms with Crippen LogP contribution < -0.4 is 5.73 Å². The van der Waals surface area contributed by atoms with Gasteiger partial charge in [-0.1, -0.05) is 31.2 Å². The Labute approximate surface area is 110 Å².